The van der Waals surface area contributed by atoms with Crippen LogP contribution < -0.4 is 0 Å². The summed E-state index contributed by atoms with van der Waals surface area (Å²) in [5.74, 6) is 1.90. The molecule has 2 saturated heterocycles. The molecule has 0 N–H and O–H groups in total. The quantitative estimate of drug-likeness (QED) is 0.0925. The number of nitrogens with zero attached hydrogens (tertiary/aromatic N) is 4. The number of likely N-dealkylation sites (N-methyl/N-ethyl adjacent to an activating group) is 2. The minimum absolute atomic E-state index is 0.0681. The van der Waals surface area contributed by atoms with Gasteiger partial charge in [-0.15, -0.1) is 0 Å². The highest BCUT2D eigenvalue weighted by Gasteiger charge is 2.38. The van der Waals surface area contributed by atoms with Crippen LogP contribution in [0.3, 0.4) is 0 Å². The van der Waals surface area contributed by atoms with E-state index >= 15 is 0 Å². The first kappa shape index (κ1) is 39.2. The van der Waals surface area contributed by atoms with Crippen LogP contribution in [-0.2, 0) is 30.2 Å². The van der Waals surface area contributed by atoms with Gasteiger partial charge in [-0.2, -0.15) is 5.10 Å². The molecule has 3 fully saturated rings. The summed E-state index contributed by atoms with van der Waals surface area (Å²) in [6.07, 6.45) is 13.8. The topological polar surface area (TPSA) is 87.5 Å². The van der Waals surface area contributed by atoms with Crippen LogP contribution in [0.25, 0.3) is 0 Å². The lowest BCUT2D eigenvalue weighted by atomic mass is 9.70. The van der Waals surface area contributed by atoms with Crippen LogP contribution in [0.1, 0.15) is 102 Å². The summed E-state index contributed by atoms with van der Waals surface area (Å²) in [4.78, 5) is 16.4. The van der Waals surface area contributed by atoms with Crippen LogP contribution in [0.15, 0.2) is 6.20 Å². The van der Waals surface area contributed by atoms with E-state index in [0.29, 0.717) is 18.8 Å². The highest BCUT2D eigenvalue weighted by Crippen LogP contribution is 2.45. The zero-order chi connectivity index (χ0) is 33.7. The van der Waals surface area contributed by atoms with E-state index < -0.39 is 5.60 Å². The number of amides is 1. The zero-order valence-corrected chi connectivity index (χ0v) is 32.9. The van der Waals surface area contributed by atoms with Gasteiger partial charge in [0.15, 0.2) is 0 Å². The first-order chi connectivity index (χ1) is 22.6. The van der Waals surface area contributed by atoms with Crippen LogP contribution in [0.5, 0.6) is 0 Å². The molecule has 2 aliphatic heterocycles. The summed E-state index contributed by atoms with van der Waals surface area (Å²) in [7, 11) is 3.93. The van der Waals surface area contributed by atoms with Crippen molar-refractivity contribution in [2.75, 3.05) is 80.0 Å². The van der Waals surface area contributed by atoms with Gasteiger partial charge in [0.25, 0.3) is 0 Å². The van der Waals surface area contributed by atoms with Crippen molar-refractivity contribution >= 4 is 34.5 Å². The van der Waals surface area contributed by atoms with Gasteiger partial charge in [0, 0.05) is 89.4 Å². The smallest absolute Gasteiger partial charge is 0.410 e. The summed E-state index contributed by atoms with van der Waals surface area (Å²) in [5.41, 5.74) is 2.12. The molecule has 0 radical (unpaired) electrons. The SMILES string of the molecule is CN(CCN(C)C(=O)OC(C)(C)C)Cc1cn(PI)nc1C1CCC(COCCC2CCOCC2)(COCCC2CCOCC2)CC1. The Hall–Kier alpha value is -0.560. The summed E-state index contributed by atoms with van der Waals surface area (Å²) in [6.45, 7) is 14.7. The van der Waals surface area contributed by atoms with Gasteiger partial charge in [0.05, 0.1) is 25.3 Å². The molecule has 3 heterocycles. The Bertz CT molecular complexity index is 1020. The monoisotopic (exact) mass is 792 g/mol. The Morgan fingerprint density at radius 2 is 1.51 bits per heavy atom. The highest BCUT2D eigenvalue weighted by atomic mass is 127. The average Bonchev–Trinajstić information content (AvgIpc) is 3.47. The van der Waals surface area contributed by atoms with Gasteiger partial charge in [0.2, 0.25) is 0 Å². The molecule has 1 unspecified atom stereocenters. The number of halogens is 1. The lowest BCUT2D eigenvalue weighted by Gasteiger charge is -2.40. The first-order valence-corrected chi connectivity index (χ1v) is 22.0. The molecule has 0 spiro atoms. The molecule has 4 rings (SSSR count). The second-order valence-corrected chi connectivity index (χ2v) is 17.4. The largest absolute Gasteiger partial charge is 0.444 e. The van der Waals surface area contributed by atoms with Crippen molar-refractivity contribution in [1.82, 2.24) is 19.4 Å². The fraction of sp³-hybridized carbons (Fsp3) is 0.886. The number of aromatic nitrogens is 2. The Balaban J connectivity index is 1.31. The van der Waals surface area contributed by atoms with E-state index in [9.17, 15) is 4.79 Å². The van der Waals surface area contributed by atoms with Crippen molar-refractivity contribution in [2.45, 2.75) is 103 Å². The van der Waals surface area contributed by atoms with E-state index in [1.54, 1.807) is 11.9 Å². The van der Waals surface area contributed by atoms with E-state index in [1.165, 1.54) is 11.3 Å². The average molecular weight is 793 g/mol. The highest BCUT2D eigenvalue weighted by molar-refractivity contribution is 14.2. The van der Waals surface area contributed by atoms with Gasteiger partial charge in [-0.3, -0.25) is 0 Å². The van der Waals surface area contributed by atoms with E-state index in [4.69, 9.17) is 28.8 Å². The molecular weight excluding hydrogens is 730 g/mol. The van der Waals surface area contributed by atoms with Crippen molar-refractivity contribution in [2.24, 2.45) is 17.3 Å². The van der Waals surface area contributed by atoms with Gasteiger partial charge in [-0.25, -0.2) is 9.25 Å². The number of carbonyl (C=O) groups excluding carboxylic acids is 1. The van der Waals surface area contributed by atoms with Crippen molar-refractivity contribution in [3.8, 4) is 0 Å². The molecule has 1 amide bonds. The molecule has 1 aliphatic carbocycles. The Labute approximate surface area is 299 Å². The molecule has 10 nitrogen and oxygen atoms in total. The van der Waals surface area contributed by atoms with E-state index in [2.05, 4.69) is 44.6 Å². The third-order valence-corrected chi connectivity index (χ3v) is 12.0. The number of carbonyl (C=O) groups is 1. The van der Waals surface area contributed by atoms with Crippen LogP contribution >= 0.6 is 28.4 Å². The summed E-state index contributed by atoms with van der Waals surface area (Å²) < 4.78 is 31.6. The zero-order valence-electron chi connectivity index (χ0n) is 29.8. The number of rotatable bonds is 17. The van der Waals surface area contributed by atoms with Gasteiger partial charge in [-0.1, -0.05) is 0 Å². The normalized spacial score (nSPS) is 20.4. The molecular formula is C35H62IN4O6P. The van der Waals surface area contributed by atoms with E-state index in [-0.39, 0.29) is 11.5 Å². The molecule has 12 heteroatoms. The summed E-state index contributed by atoms with van der Waals surface area (Å²) in [6, 6.07) is 0. The first-order valence-electron chi connectivity index (χ1n) is 17.9. The van der Waals surface area contributed by atoms with Crippen molar-refractivity contribution < 1.29 is 28.5 Å². The molecule has 47 heavy (non-hydrogen) atoms. The third kappa shape index (κ3) is 13.6. The summed E-state index contributed by atoms with van der Waals surface area (Å²) in [5, 5.41) is 5.10. The molecule has 0 aromatic carbocycles. The standard InChI is InChI=1S/C35H62IN4O6P/c1-34(2,3)46-33(41)39(5)17-16-38(4)24-31-25-40(47-36)37-32(31)30-6-14-35(15-7-30,26-44-22-12-28-8-18-42-19-9-28)27-45-23-13-29-10-20-43-21-11-29/h25,28-30,47H,6-24,26-27H2,1-5H3. The second-order valence-electron chi connectivity index (χ2n) is 15.3. The number of hydrogen-bond donors (Lipinski definition) is 0. The fourth-order valence-corrected chi connectivity index (χ4v) is 8.13. The third-order valence-electron chi connectivity index (χ3n) is 10.1. The van der Waals surface area contributed by atoms with Crippen LogP contribution in [0, 0.1) is 17.3 Å². The minimum atomic E-state index is -0.494. The minimum Gasteiger partial charge on any atom is -0.444 e. The maximum atomic E-state index is 12.4. The predicted octanol–water partition coefficient (Wildman–Crippen LogP) is 7.28. The predicted molar refractivity (Wildman–Crippen MR) is 197 cm³/mol. The van der Waals surface area contributed by atoms with E-state index in [1.807, 2.05) is 20.8 Å². The van der Waals surface area contributed by atoms with Gasteiger partial charge in [0.1, 0.15) is 5.60 Å². The molecule has 270 valence electrons. The molecule has 1 saturated carbocycles. The molecule has 1 aromatic heterocycles. The molecule has 1 aromatic rings. The Morgan fingerprint density at radius 1 is 0.957 bits per heavy atom. The Morgan fingerprint density at radius 3 is 2.02 bits per heavy atom. The van der Waals surface area contributed by atoms with Crippen molar-refractivity contribution in [3.63, 3.8) is 0 Å². The molecule has 0 bridgehead atoms. The number of hydrogen-bond acceptors (Lipinski definition) is 8. The Kier molecular flexibility index (Phi) is 16.5. The molecule has 3 aliphatic rings. The van der Waals surface area contributed by atoms with Crippen molar-refractivity contribution in [1.29, 1.82) is 0 Å². The second kappa shape index (κ2) is 19.7. The lowest BCUT2D eigenvalue weighted by molar-refractivity contribution is -0.0529. The van der Waals surface area contributed by atoms with Crippen LogP contribution in [-0.4, -0.2) is 111 Å². The van der Waals surface area contributed by atoms with Gasteiger partial charge >= 0.3 is 6.09 Å². The lowest BCUT2D eigenvalue weighted by Crippen LogP contribution is -2.38. The fourth-order valence-electron chi connectivity index (χ4n) is 7.04. The number of ether oxygens (including phenoxy) is 5. The van der Waals surface area contributed by atoms with Gasteiger partial charge in [-0.05, 0) is 126 Å². The molecule has 1 atom stereocenters. The van der Waals surface area contributed by atoms with E-state index in [0.717, 1.165) is 142 Å². The maximum absolute atomic E-state index is 12.4. The van der Waals surface area contributed by atoms with Crippen LogP contribution in [0.4, 0.5) is 4.79 Å². The van der Waals surface area contributed by atoms with Gasteiger partial charge < -0.3 is 33.5 Å². The maximum Gasteiger partial charge on any atom is 0.410 e. The summed E-state index contributed by atoms with van der Waals surface area (Å²) >= 11 is 2.42. The van der Waals surface area contributed by atoms with Crippen LogP contribution in [0.2, 0.25) is 0 Å². The van der Waals surface area contributed by atoms with Crippen molar-refractivity contribution in [3.05, 3.63) is 17.5 Å².